The molecule has 0 amide bonds. The van der Waals surface area contributed by atoms with Gasteiger partial charge in [-0.05, 0) is 128 Å². The van der Waals surface area contributed by atoms with Crippen LogP contribution in [0, 0.1) is 13.8 Å². The fourth-order valence-electron chi connectivity index (χ4n) is 8.81. The van der Waals surface area contributed by atoms with Gasteiger partial charge in [-0.3, -0.25) is 0 Å². The first kappa shape index (κ1) is 28.6. The summed E-state index contributed by atoms with van der Waals surface area (Å²) in [6.07, 6.45) is 5.07. The van der Waals surface area contributed by atoms with Gasteiger partial charge in [-0.15, -0.1) is 0 Å². The summed E-state index contributed by atoms with van der Waals surface area (Å²) < 4.78 is 7.07. The fourth-order valence-corrected chi connectivity index (χ4v) is 11.6. The van der Waals surface area contributed by atoms with E-state index in [2.05, 4.69) is 142 Å². The molecule has 230 valence electrons. The Morgan fingerprint density at radius 3 is 1.62 bits per heavy atom. The molecule has 3 aliphatic rings. The first-order valence-corrected chi connectivity index (χ1v) is 20.3. The van der Waals surface area contributed by atoms with Crippen LogP contribution in [-0.2, 0) is 0 Å². The molecule has 2 aliphatic carbocycles. The minimum absolute atomic E-state index is 0.536. The van der Waals surface area contributed by atoms with Crippen molar-refractivity contribution in [3.05, 3.63) is 132 Å². The molecule has 0 N–H and O–H groups in total. The molecule has 2 heteroatoms. The summed E-state index contributed by atoms with van der Waals surface area (Å²) in [7, 11) is -2.00. The Balaban J connectivity index is 1.39. The predicted octanol–water partition coefficient (Wildman–Crippen LogP) is 11.5. The van der Waals surface area contributed by atoms with E-state index in [1.807, 2.05) is 0 Å². The highest BCUT2D eigenvalue weighted by atomic mass is 28.3. The molecule has 1 nitrogen and oxygen atoms in total. The third-order valence-electron chi connectivity index (χ3n) is 11.3. The molecule has 1 fully saturated rings. The standard InChI is InChI=1S/C45H40OSi/c1-28-21-23-42-41(25-28)46-45-43(47(42,3)4)24-22-29(2)44(45)40-27-39-36-20-12-10-18-34(36)32-16-8-7-15-31(32)33-17-9-11-19-35(33)38(39)26-37(40)30-13-5-6-14-30/h7-12,15-27,30H,5-6,13-14H2,1-4H3. The van der Waals surface area contributed by atoms with Gasteiger partial charge in [0, 0.05) is 5.56 Å². The highest BCUT2D eigenvalue weighted by Gasteiger charge is 2.39. The van der Waals surface area contributed by atoms with Crippen LogP contribution >= 0.6 is 0 Å². The summed E-state index contributed by atoms with van der Waals surface area (Å²) in [6.45, 7) is 9.44. The van der Waals surface area contributed by atoms with Crippen LogP contribution in [0.15, 0.2) is 115 Å². The van der Waals surface area contributed by atoms with E-state index in [1.165, 1.54) is 108 Å². The van der Waals surface area contributed by atoms with Gasteiger partial charge in [-0.2, -0.15) is 0 Å². The summed E-state index contributed by atoms with van der Waals surface area (Å²) in [5.41, 5.74) is 17.1. The monoisotopic (exact) mass is 624 g/mol. The van der Waals surface area contributed by atoms with Crippen molar-refractivity contribution in [1.82, 2.24) is 0 Å². The number of fused-ring (bicyclic) bond motifs is 10. The van der Waals surface area contributed by atoms with Crippen LogP contribution in [0.25, 0.3) is 55.6 Å². The maximum atomic E-state index is 7.07. The molecule has 0 spiro atoms. The number of rotatable bonds is 2. The molecule has 0 saturated heterocycles. The van der Waals surface area contributed by atoms with E-state index in [1.54, 1.807) is 0 Å². The van der Waals surface area contributed by atoms with E-state index >= 15 is 0 Å². The van der Waals surface area contributed by atoms with E-state index in [0.29, 0.717) is 5.92 Å². The number of hydrogen-bond donors (Lipinski definition) is 0. The summed E-state index contributed by atoms with van der Waals surface area (Å²) in [6, 6.07) is 43.7. The fraction of sp³-hybridized carbons (Fsp3) is 0.200. The molecule has 47 heavy (non-hydrogen) atoms. The van der Waals surface area contributed by atoms with E-state index in [4.69, 9.17) is 4.74 Å². The van der Waals surface area contributed by atoms with Gasteiger partial charge in [-0.1, -0.05) is 123 Å². The first-order chi connectivity index (χ1) is 22.9. The Labute approximate surface area is 279 Å². The van der Waals surface area contributed by atoms with E-state index in [0.717, 1.165) is 11.5 Å². The summed E-state index contributed by atoms with van der Waals surface area (Å²) in [5.74, 6) is 2.67. The van der Waals surface area contributed by atoms with Gasteiger partial charge in [0.05, 0.1) is 0 Å². The lowest BCUT2D eigenvalue weighted by atomic mass is 9.77. The van der Waals surface area contributed by atoms with Gasteiger partial charge >= 0.3 is 0 Å². The van der Waals surface area contributed by atoms with Crippen LogP contribution in [-0.4, -0.2) is 8.07 Å². The first-order valence-electron chi connectivity index (χ1n) is 17.3. The van der Waals surface area contributed by atoms with Crippen molar-refractivity contribution in [2.75, 3.05) is 0 Å². The molecule has 1 aliphatic heterocycles. The smallest absolute Gasteiger partial charge is 0.135 e. The zero-order valence-electron chi connectivity index (χ0n) is 27.8. The normalized spacial score (nSPS) is 15.6. The second kappa shape index (κ2) is 10.7. The van der Waals surface area contributed by atoms with Crippen molar-refractivity contribution in [3.63, 3.8) is 0 Å². The summed E-state index contributed by atoms with van der Waals surface area (Å²) >= 11 is 0. The lowest BCUT2D eigenvalue weighted by molar-refractivity contribution is 0.487. The van der Waals surface area contributed by atoms with Crippen molar-refractivity contribution in [2.24, 2.45) is 0 Å². The van der Waals surface area contributed by atoms with E-state index in [9.17, 15) is 0 Å². The molecule has 6 aromatic rings. The van der Waals surface area contributed by atoms with Gasteiger partial charge in [0.25, 0.3) is 0 Å². The average molecular weight is 625 g/mol. The maximum Gasteiger partial charge on any atom is 0.135 e. The zero-order chi connectivity index (χ0) is 31.9. The number of aryl methyl sites for hydroxylation is 2. The van der Waals surface area contributed by atoms with E-state index in [-0.39, 0.29) is 0 Å². The van der Waals surface area contributed by atoms with Crippen LogP contribution < -0.4 is 15.1 Å². The van der Waals surface area contributed by atoms with Crippen molar-refractivity contribution in [3.8, 4) is 67.1 Å². The molecule has 0 atom stereocenters. The van der Waals surface area contributed by atoms with Crippen LogP contribution in [0.3, 0.4) is 0 Å². The highest BCUT2D eigenvalue weighted by Crippen LogP contribution is 2.52. The number of benzene rings is 6. The van der Waals surface area contributed by atoms with Crippen LogP contribution in [0.1, 0.15) is 48.3 Å². The molecular formula is C45H40OSi. The van der Waals surface area contributed by atoms with Crippen molar-refractivity contribution in [2.45, 2.75) is 58.5 Å². The minimum atomic E-state index is -2.00. The third kappa shape index (κ3) is 4.34. The molecule has 1 heterocycles. The average Bonchev–Trinajstić information content (AvgIpc) is 3.62. The molecule has 0 unspecified atom stereocenters. The van der Waals surface area contributed by atoms with Crippen LogP contribution in [0.5, 0.6) is 11.5 Å². The van der Waals surface area contributed by atoms with Gasteiger partial charge in [0.1, 0.15) is 19.6 Å². The topological polar surface area (TPSA) is 9.23 Å². The summed E-state index contributed by atoms with van der Waals surface area (Å²) in [4.78, 5) is 0. The molecule has 0 bridgehead atoms. The maximum absolute atomic E-state index is 7.07. The second-order valence-electron chi connectivity index (χ2n) is 14.5. The van der Waals surface area contributed by atoms with Crippen LogP contribution in [0.2, 0.25) is 13.1 Å². The summed E-state index contributed by atoms with van der Waals surface area (Å²) in [5, 5.41) is 2.79. The third-order valence-corrected chi connectivity index (χ3v) is 14.8. The second-order valence-corrected chi connectivity index (χ2v) is 18.8. The zero-order valence-corrected chi connectivity index (χ0v) is 28.8. The van der Waals surface area contributed by atoms with Gasteiger partial charge < -0.3 is 4.74 Å². The van der Waals surface area contributed by atoms with Gasteiger partial charge in [0.2, 0.25) is 0 Å². The lowest BCUT2D eigenvalue weighted by Crippen LogP contribution is -2.56. The minimum Gasteiger partial charge on any atom is -0.457 e. The predicted molar refractivity (Wildman–Crippen MR) is 201 cm³/mol. The lowest BCUT2D eigenvalue weighted by Gasteiger charge is -2.35. The van der Waals surface area contributed by atoms with Gasteiger partial charge in [-0.25, -0.2) is 0 Å². The highest BCUT2D eigenvalue weighted by molar-refractivity contribution is 7.01. The van der Waals surface area contributed by atoms with E-state index < -0.39 is 8.07 Å². The molecule has 0 aromatic heterocycles. The Hall–Kier alpha value is -4.66. The molecular weight excluding hydrogens is 585 g/mol. The number of ether oxygens (including phenoxy) is 1. The largest absolute Gasteiger partial charge is 0.457 e. The molecule has 6 aromatic carbocycles. The Bertz CT molecular complexity index is 2230. The Morgan fingerprint density at radius 2 is 1.04 bits per heavy atom. The van der Waals surface area contributed by atoms with Gasteiger partial charge in [0.15, 0.2) is 0 Å². The molecule has 1 saturated carbocycles. The quantitative estimate of drug-likeness (QED) is 0.174. The van der Waals surface area contributed by atoms with Crippen molar-refractivity contribution < 1.29 is 4.74 Å². The molecule has 9 rings (SSSR count). The number of hydrogen-bond acceptors (Lipinski definition) is 1. The Morgan fingerprint density at radius 1 is 0.532 bits per heavy atom. The van der Waals surface area contributed by atoms with Crippen LogP contribution in [0.4, 0.5) is 0 Å². The SMILES string of the molecule is Cc1ccc2c(c1)Oc1c(ccc(C)c1-c1cc3c(cc1C1CCCC1)-c1ccccc1-c1ccccc1-c1ccccc1-3)[Si]2(C)C. The van der Waals surface area contributed by atoms with Crippen molar-refractivity contribution in [1.29, 1.82) is 0 Å². The molecule has 0 radical (unpaired) electrons. The Kier molecular flexibility index (Phi) is 6.49. The van der Waals surface area contributed by atoms with Crippen molar-refractivity contribution >= 4 is 18.4 Å².